The molecule has 1 saturated heterocycles. The van der Waals surface area contributed by atoms with Crippen molar-refractivity contribution < 1.29 is 34.6 Å². The van der Waals surface area contributed by atoms with Gasteiger partial charge in [0.15, 0.2) is 11.5 Å². The quantitative estimate of drug-likeness (QED) is 0.0898. The molecule has 4 atom stereocenters. The Hall–Kier alpha value is -3.29. The minimum atomic E-state index is -0.949. The van der Waals surface area contributed by atoms with E-state index in [-0.39, 0.29) is 29.5 Å². The highest BCUT2D eigenvalue weighted by atomic mass is 127. The molecule has 2 aliphatic rings. The number of non-ortho nitro benzene ring substituents is 1. The fourth-order valence-electron chi connectivity index (χ4n) is 6.34. The number of hydrogen-bond donors (Lipinski definition) is 3. The van der Waals surface area contributed by atoms with Crippen molar-refractivity contribution >= 4 is 51.9 Å². The van der Waals surface area contributed by atoms with Gasteiger partial charge in [-0.05, 0) is 83.5 Å². The van der Waals surface area contributed by atoms with Gasteiger partial charge in [-0.15, -0.1) is 0 Å². The number of anilines is 1. The van der Waals surface area contributed by atoms with Crippen LogP contribution in [-0.2, 0) is 9.59 Å². The number of halogens is 1. The van der Waals surface area contributed by atoms with Gasteiger partial charge in [-0.3, -0.25) is 19.7 Å². The molecular weight excluding hydrogens is 667 g/mol. The van der Waals surface area contributed by atoms with E-state index in [1.165, 1.54) is 31.4 Å². The number of aliphatic hydroxyl groups excluding tert-OH is 2. The van der Waals surface area contributed by atoms with E-state index >= 15 is 0 Å². The second kappa shape index (κ2) is 13.6. The zero-order valence-electron chi connectivity index (χ0n) is 24.6. The summed E-state index contributed by atoms with van der Waals surface area (Å²) in [6, 6.07) is 9.02. The first-order valence-electron chi connectivity index (χ1n) is 14.3. The van der Waals surface area contributed by atoms with E-state index in [2.05, 4.69) is 0 Å². The number of carbonyl (C=O) groups excluding carboxylic acids is 2. The van der Waals surface area contributed by atoms with E-state index in [4.69, 9.17) is 4.74 Å². The average Bonchev–Trinajstić information content (AvgIpc) is 3.24. The molecule has 2 aromatic rings. The lowest BCUT2D eigenvalue weighted by atomic mass is 9.66. The largest absolute Gasteiger partial charge is 0.504 e. The van der Waals surface area contributed by atoms with Gasteiger partial charge in [-0.2, -0.15) is 0 Å². The van der Waals surface area contributed by atoms with Gasteiger partial charge in [0.2, 0.25) is 11.8 Å². The zero-order valence-corrected chi connectivity index (χ0v) is 26.8. The van der Waals surface area contributed by atoms with Crippen molar-refractivity contribution in [2.45, 2.75) is 52.6 Å². The first-order chi connectivity index (χ1) is 20.4. The number of aliphatic hydroxyl groups is 2. The van der Waals surface area contributed by atoms with Gasteiger partial charge < -0.3 is 20.1 Å². The number of nitrogens with zero attached hydrogens (tertiary/aromatic N) is 2. The van der Waals surface area contributed by atoms with Crippen LogP contribution in [-0.4, -0.2) is 51.9 Å². The SMILES string of the molecule is CC/C(=C\c1cc(I)c(O)c(OC)c1)CC[C@@H](O)C1=C(C(C)C)C[C@H]2C(=O)N(c3cccc([N+](=O)[O-])c3)C(=O)[C@H]2[C@H]1CO. The van der Waals surface area contributed by atoms with Gasteiger partial charge in [-0.25, -0.2) is 4.90 Å². The number of amides is 2. The monoisotopic (exact) mass is 704 g/mol. The first kappa shape index (κ1) is 32.6. The third kappa shape index (κ3) is 6.48. The number of carbonyl (C=O) groups is 2. The molecule has 0 aromatic heterocycles. The molecule has 43 heavy (non-hydrogen) atoms. The molecule has 10 nitrogen and oxygen atoms in total. The van der Waals surface area contributed by atoms with Crippen molar-refractivity contribution in [2.24, 2.45) is 23.7 Å². The molecule has 0 spiro atoms. The summed E-state index contributed by atoms with van der Waals surface area (Å²) in [7, 11) is 1.49. The minimum absolute atomic E-state index is 0.0397. The van der Waals surface area contributed by atoms with Crippen LogP contribution >= 0.6 is 22.6 Å². The number of nitro groups is 1. The summed E-state index contributed by atoms with van der Waals surface area (Å²) >= 11 is 2.04. The topological polar surface area (TPSA) is 150 Å². The Morgan fingerprint density at radius 1 is 1.23 bits per heavy atom. The highest BCUT2D eigenvalue weighted by Crippen LogP contribution is 2.49. The van der Waals surface area contributed by atoms with Crippen molar-refractivity contribution in [3.63, 3.8) is 0 Å². The molecule has 0 bridgehead atoms. The van der Waals surface area contributed by atoms with Crippen LogP contribution in [0.5, 0.6) is 11.5 Å². The van der Waals surface area contributed by atoms with E-state index in [1.807, 2.05) is 55.5 Å². The lowest BCUT2D eigenvalue weighted by Gasteiger charge is -2.38. The molecule has 1 aliphatic carbocycles. The van der Waals surface area contributed by atoms with E-state index in [9.17, 15) is 35.0 Å². The van der Waals surface area contributed by atoms with Gasteiger partial charge in [-0.1, -0.05) is 44.1 Å². The fraction of sp³-hybridized carbons (Fsp3) is 0.438. The number of imide groups is 1. The summed E-state index contributed by atoms with van der Waals surface area (Å²) in [4.78, 5) is 39.1. The van der Waals surface area contributed by atoms with Crippen molar-refractivity contribution in [3.05, 3.63) is 72.4 Å². The highest BCUT2D eigenvalue weighted by Gasteiger charge is 2.55. The summed E-state index contributed by atoms with van der Waals surface area (Å²) in [5.41, 5.74) is 3.28. The Morgan fingerprint density at radius 3 is 2.56 bits per heavy atom. The van der Waals surface area contributed by atoms with E-state index < -0.39 is 47.2 Å². The Bertz CT molecular complexity index is 1480. The highest BCUT2D eigenvalue weighted by molar-refractivity contribution is 14.1. The van der Waals surface area contributed by atoms with Gasteiger partial charge >= 0.3 is 0 Å². The third-order valence-electron chi connectivity index (χ3n) is 8.51. The Balaban J connectivity index is 1.62. The van der Waals surface area contributed by atoms with Crippen LogP contribution < -0.4 is 9.64 Å². The number of phenolic OH excluding ortho intramolecular Hbond substituents is 1. The predicted molar refractivity (Wildman–Crippen MR) is 171 cm³/mol. The average molecular weight is 705 g/mol. The molecule has 2 aromatic carbocycles. The zero-order chi connectivity index (χ0) is 31.6. The van der Waals surface area contributed by atoms with Crippen molar-refractivity contribution in [1.82, 2.24) is 0 Å². The normalized spacial score (nSPS) is 21.4. The van der Waals surface area contributed by atoms with Gasteiger partial charge in [0.1, 0.15) is 0 Å². The number of methoxy groups -OCH3 is 1. The number of aromatic hydroxyl groups is 1. The molecule has 3 N–H and O–H groups in total. The van der Waals surface area contributed by atoms with E-state index in [1.54, 1.807) is 6.07 Å². The van der Waals surface area contributed by atoms with Crippen molar-refractivity contribution in [1.29, 1.82) is 0 Å². The molecule has 1 heterocycles. The number of allylic oxidation sites excluding steroid dienone is 2. The van der Waals surface area contributed by atoms with Crippen molar-refractivity contribution in [2.75, 3.05) is 18.6 Å². The number of ether oxygens (including phenoxy) is 1. The van der Waals surface area contributed by atoms with Crippen molar-refractivity contribution in [3.8, 4) is 11.5 Å². The number of phenols is 1. The van der Waals surface area contributed by atoms with Crippen LogP contribution in [0.25, 0.3) is 6.08 Å². The molecule has 1 fully saturated rings. The second-order valence-electron chi connectivity index (χ2n) is 11.3. The minimum Gasteiger partial charge on any atom is -0.504 e. The van der Waals surface area contributed by atoms with E-state index in [0.29, 0.717) is 27.7 Å². The summed E-state index contributed by atoms with van der Waals surface area (Å²) in [5, 5.41) is 43.7. The summed E-state index contributed by atoms with van der Waals surface area (Å²) in [6.07, 6.45) is 2.94. The molecule has 2 amide bonds. The summed E-state index contributed by atoms with van der Waals surface area (Å²) in [6.45, 7) is 5.53. The Kier molecular flexibility index (Phi) is 10.3. The maximum absolute atomic E-state index is 13.7. The third-order valence-corrected chi connectivity index (χ3v) is 9.33. The Labute approximate surface area is 264 Å². The van der Waals surface area contributed by atoms with Crippen LogP contribution in [0.2, 0.25) is 0 Å². The molecule has 11 heteroatoms. The standard InChI is InChI=1S/C32H37IN2O8/c1-5-18(11-19-12-25(33)30(38)27(13-19)43-4)9-10-26(37)28-22(17(2)3)15-23-29(24(28)16-36)32(40)34(31(23)39)20-7-6-8-21(14-20)35(41)42/h6-8,11-14,17,23-24,26,29,36-38H,5,9-10,15-16H2,1-4H3/b18-11+/t23-,24+,26-,29-/m1/s1. The summed E-state index contributed by atoms with van der Waals surface area (Å²) in [5.74, 6) is -2.92. The second-order valence-corrected chi connectivity index (χ2v) is 12.5. The van der Waals surface area contributed by atoms with Crippen LogP contribution in [0.1, 0.15) is 52.0 Å². The van der Waals surface area contributed by atoms with E-state index in [0.717, 1.165) is 28.0 Å². The van der Waals surface area contributed by atoms with Gasteiger partial charge in [0, 0.05) is 18.1 Å². The molecular formula is C32H37IN2O8. The number of benzene rings is 2. The van der Waals surface area contributed by atoms with Crippen LogP contribution in [0.15, 0.2) is 53.1 Å². The lowest BCUT2D eigenvalue weighted by molar-refractivity contribution is -0.384. The summed E-state index contributed by atoms with van der Waals surface area (Å²) < 4.78 is 5.94. The number of hydrogen-bond acceptors (Lipinski definition) is 8. The molecule has 0 saturated carbocycles. The predicted octanol–water partition coefficient (Wildman–Crippen LogP) is 5.62. The maximum atomic E-state index is 13.7. The van der Waals surface area contributed by atoms with Crippen LogP contribution in [0.4, 0.5) is 11.4 Å². The number of rotatable bonds is 11. The first-order valence-corrected chi connectivity index (χ1v) is 15.4. The Morgan fingerprint density at radius 2 is 1.95 bits per heavy atom. The van der Waals surface area contributed by atoms with Gasteiger partial charge in [0.25, 0.3) is 5.69 Å². The molecule has 1 aliphatic heterocycles. The molecule has 0 unspecified atom stereocenters. The fourth-order valence-corrected chi connectivity index (χ4v) is 6.97. The lowest BCUT2D eigenvalue weighted by Crippen LogP contribution is -2.39. The number of nitro benzene ring substituents is 1. The smallest absolute Gasteiger partial charge is 0.271 e. The molecule has 4 rings (SSSR count). The van der Waals surface area contributed by atoms with Crippen LogP contribution in [0, 0.1) is 37.4 Å². The van der Waals surface area contributed by atoms with Gasteiger partial charge in [0.05, 0.1) is 45.8 Å². The molecule has 0 radical (unpaired) electrons. The van der Waals surface area contributed by atoms with Crippen LogP contribution in [0.3, 0.4) is 0 Å². The maximum Gasteiger partial charge on any atom is 0.271 e. The number of fused-ring (bicyclic) bond motifs is 1. The molecule has 230 valence electrons.